The molecular formula is C15H10BrFN2O. The third-order valence-electron chi connectivity index (χ3n) is 2.98. The zero-order valence-electron chi connectivity index (χ0n) is 10.3. The summed E-state index contributed by atoms with van der Waals surface area (Å²) in [5, 5.41) is 3.80. The minimum atomic E-state index is -0.364. The summed E-state index contributed by atoms with van der Waals surface area (Å²) >= 11 is 3.23. The van der Waals surface area contributed by atoms with Crippen LogP contribution in [0.25, 0.3) is 22.5 Å². The molecule has 0 atom stereocenters. The van der Waals surface area contributed by atoms with Crippen molar-refractivity contribution in [3.05, 3.63) is 58.8 Å². The Morgan fingerprint density at radius 3 is 2.55 bits per heavy atom. The average Bonchev–Trinajstić information content (AvgIpc) is 2.84. The monoisotopic (exact) mass is 332 g/mol. The van der Waals surface area contributed by atoms with Crippen molar-refractivity contribution >= 4 is 21.7 Å². The summed E-state index contributed by atoms with van der Waals surface area (Å²) in [5.41, 5.74) is 8.00. The summed E-state index contributed by atoms with van der Waals surface area (Å²) in [6, 6.07) is 14.2. The Balaban J connectivity index is 2.24. The Bertz CT molecular complexity index is 756. The van der Waals surface area contributed by atoms with Crippen LogP contribution in [0.2, 0.25) is 0 Å². The Hall–Kier alpha value is -2.14. The molecule has 0 aliphatic rings. The number of hydrogen-bond acceptors (Lipinski definition) is 3. The van der Waals surface area contributed by atoms with E-state index in [0.29, 0.717) is 21.4 Å². The van der Waals surface area contributed by atoms with Gasteiger partial charge in [0, 0.05) is 5.56 Å². The maximum Gasteiger partial charge on any atom is 0.178 e. The van der Waals surface area contributed by atoms with Crippen molar-refractivity contribution < 1.29 is 8.91 Å². The molecule has 3 rings (SSSR count). The molecule has 0 amide bonds. The molecule has 3 nitrogen and oxygen atoms in total. The third kappa shape index (κ3) is 2.10. The van der Waals surface area contributed by atoms with Crippen LogP contribution in [0.3, 0.4) is 0 Å². The molecule has 0 bridgehead atoms. The van der Waals surface area contributed by atoms with E-state index >= 15 is 0 Å². The molecule has 0 spiro atoms. The van der Waals surface area contributed by atoms with Crippen molar-refractivity contribution in [2.75, 3.05) is 5.73 Å². The fourth-order valence-corrected chi connectivity index (χ4v) is 2.49. The standard InChI is InChI=1S/C15H10BrFN2O/c16-13-10(7-4-8-11(13)17)14-12(15(18)19-20-14)9-5-2-1-3-6-9/h1-8H,(H2,18,19). The van der Waals surface area contributed by atoms with Gasteiger partial charge in [-0.3, -0.25) is 0 Å². The Morgan fingerprint density at radius 1 is 1.05 bits per heavy atom. The average molecular weight is 333 g/mol. The number of halogens is 2. The van der Waals surface area contributed by atoms with Crippen LogP contribution in [0.15, 0.2) is 57.5 Å². The summed E-state index contributed by atoms with van der Waals surface area (Å²) in [4.78, 5) is 0. The molecule has 0 radical (unpaired) electrons. The summed E-state index contributed by atoms with van der Waals surface area (Å²) in [7, 11) is 0. The lowest BCUT2D eigenvalue weighted by atomic mass is 10.0. The molecule has 2 aromatic carbocycles. The van der Waals surface area contributed by atoms with Crippen LogP contribution in [0.5, 0.6) is 0 Å². The fraction of sp³-hybridized carbons (Fsp3) is 0. The van der Waals surface area contributed by atoms with Gasteiger partial charge in [0.05, 0.1) is 10.0 Å². The molecule has 1 heterocycles. The second-order valence-corrected chi connectivity index (χ2v) is 5.03. The van der Waals surface area contributed by atoms with Gasteiger partial charge < -0.3 is 10.3 Å². The van der Waals surface area contributed by atoms with Gasteiger partial charge in [-0.05, 0) is 33.6 Å². The number of aromatic nitrogens is 1. The highest BCUT2D eigenvalue weighted by molar-refractivity contribution is 9.10. The molecule has 0 aliphatic heterocycles. The molecule has 0 unspecified atom stereocenters. The van der Waals surface area contributed by atoms with Gasteiger partial charge in [0.2, 0.25) is 0 Å². The molecule has 20 heavy (non-hydrogen) atoms. The van der Waals surface area contributed by atoms with Crippen LogP contribution in [0, 0.1) is 5.82 Å². The van der Waals surface area contributed by atoms with E-state index in [4.69, 9.17) is 10.3 Å². The molecule has 0 aliphatic carbocycles. The van der Waals surface area contributed by atoms with Crippen LogP contribution in [0.1, 0.15) is 0 Å². The van der Waals surface area contributed by atoms with Gasteiger partial charge in [0.25, 0.3) is 0 Å². The number of rotatable bonds is 2. The smallest absolute Gasteiger partial charge is 0.178 e. The van der Waals surface area contributed by atoms with E-state index in [2.05, 4.69) is 21.1 Å². The SMILES string of the molecule is Nc1noc(-c2cccc(F)c2Br)c1-c1ccccc1. The Morgan fingerprint density at radius 2 is 1.80 bits per heavy atom. The molecule has 0 saturated heterocycles. The maximum absolute atomic E-state index is 13.7. The quantitative estimate of drug-likeness (QED) is 0.752. The molecule has 1 aromatic heterocycles. The number of nitrogen functional groups attached to an aromatic ring is 1. The highest BCUT2D eigenvalue weighted by Crippen LogP contribution is 2.40. The van der Waals surface area contributed by atoms with E-state index in [1.807, 2.05) is 30.3 Å². The molecular weight excluding hydrogens is 323 g/mol. The normalized spacial score (nSPS) is 10.7. The van der Waals surface area contributed by atoms with E-state index in [9.17, 15) is 4.39 Å². The van der Waals surface area contributed by atoms with Crippen LogP contribution in [-0.2, 0) is 0 Å². The third-order valence-corrected chi connectivity index (χ3v) is 3.78. The highest BCUT2D eigenvalue weighted by atomic mass is 79.9. The summed E-state index contributed by atoms with van der Waals surface area (Å²) in [5.74, 6) is 0.360. The zero-order valence-corrected chi connectivity index (χ0v) is 11.9. The lowest BCUT2D eigenvalue weighted by molar-refractivity contribution is 0.435. The molecule has 5 heteroatoms. The first kappa shape index (κ1) is 12.9. The molecule has 0 saturated carbocycles. The first-order chi connectivity index (χ1) is 9.68. The van der Waals surface area contributed by atoms with Crippen molar-refractivity contribution in [1.29, 1.82) is 0 Å². The highest BCUT2D eigenvalue weighted by Gasteiger charge is 2.20. The van der Waals surface area contributed by atoms with Crippen molar-refractivity contribution in [3.63, 3.8) is 0 Å². The van der Waals surface area contributed by atoms with E-state index in [-0.39, 0.29) is 11.6 Å². The molecule has 2 N–H and O–H groups in total. The van der Waals surface area contributed by atoms with Gasteiger partial charge >= 0.3 is 0 Å². The van der Waals surface area contributed by atoms with E-state index in [1.165, 1.54) is 6.07 Å². The van der Waals surface area contributed by atoms with E-state index < -0.39 is 0 Å². The van der Waals surface area contributed by atoms with Crippen molar-refractivity contribution in [3.8, 4) is 22.5 Å². The predicted molar refractivity (Wildman–Crippen MR) is 79.4 cm³/mol. The largest absolute Gasteiger partial charge is 0.380 e. The van der Waals surface area contributed by atoms with Gasteiger partial charge in [-0.2, -0.15) is 0 Å². The molecule has 100 valence electrons. The van der Waals surface area contributed by atoms with Gasteiger partial charge in [0.1, 0.15) is 5.82 Å². The minimum Gasteiger partial charge on any atom is -0.380 e. The number of hydrogen-bond donors (Lipinski definition) is 1. The summed E-state index contributed by atoms with van der Waals surface area (Å²) in [6.07, 6.45) is 0. The summed E-state index contributed by atoms with van der Waals surface area (Å²) in [6.45, 7) is 0. The number of anilines is 1. The first-order valence-corrected chi connectivity index (χ1v) is 6.72. The maximum atomic E-state index is 13.7. The summed E-state index contributed by atoms with van der Waals surface area (Å²) < 4.78 is 19.3. The second kappa shape index (κ2) is 5.09. The molecule has 0 fully saturated rings. The van der Waals surface area contributed by atoms with E-state index in [1.54, 1.807) is 12.1 Å². The minimum absolute atomic E-state index is 0.280. The van der Waals surface area contributed by atoms with Crippen molar-refractivity contribution in [2.24, 2.45) is 0 Å². The number of nitrogens with two attached hydrogens (primary N) is 1. The van der Waals surface area contributed by atoms with Gasteiger partial charge in [-0.25, -0.2) is 4.39 Å². The zero-order chi connectivity index (χ0) is 14.1. The van der Waals surface area contributed by atoms with Gasteiger partial charge in [-0.15, -0.1) is 0 Å². The Kier molecular flexibility index (Phi) is 3.28. The number of benzene rings is 2. The van der Waals surface area contributed by atoms with Gasteiger partial charge in [-0.1, -0.05) is 41.6 Å². The molecule has 3 aromatic rings. The van der Waals surface area contributed by atoms with Gasteiger partial charge in [0.15, 0.2) is 11.6 Å². The van der Waals surface area contributed by atoms with Crippen LogP contribution >= 0.6 is 15.9 Å². The number of nitrogens with zero attached hydrogens (tertiary/aromatic N) is 1. The second-order valence-electron chi connectivity index (χ2n) is 4.24. The first-order valence-electron chi connectivity index (χ1n) is 5.93. The van der Waals surface area contributed by atoms with Crippen LogP contribution in [0.4, 0.5) is 10.2 Å². The lowest BCUT2D eigenvalue weighted by Crippen LogP contribution is -1.89. The van der Waals surface area contributed by atoms with Crippen LogP contribution in [-0.4, -0.2) is 5.16 Å². The predicted octanol–water partition coefficient (Wildman–Crippen LogP) is 4.49. The van der Waals surface area contributed by atoms with Crippen molar-refractivity contribution in [2.45, 2.75) is 0 Å². The van der Waals surface area contributed by atoms with Crippen LogP contribution < -0.4 is 5.73 Å². The fourth-order valence-electron chi connectivity index (χ4n) is 2.05. The Labute approximate surface area is 123 Å². The van der Waals surface area contributed by atoms with E-state index in [0.717, 1.165) is 5.56 Å². The van der Waals surface area contributed by atoms with Crippen molar-refractivity contribution in [1.82, 2.24) is 5.16 Å². The topological polar surface area (TPSA) is 52.0 Å². The lowest BCUT2D eigenvalue weighted by Gasteiger charge is -2.05.